The van der Waals surface area contributed by atoms with E-state index in [4.69, 9.17) is 0 Å². The second kappa shape index (κ2) is 7.34. The first kappa shape index (κ1) is 19.5. The average molecular weight is 446 g/mol. The van der Waals surface area contributed by atoms with Crippen molar-refractivity contribution < 1.29 is 13.6 Å². The molecule has 0 spiro atoms. The minimum atomic E-state index is -3.55. The second-order valence-corrected chi connectivity index (χ2v) is 10.5. The molecule has 1 saturated carbocycles. The number of hydrogen-bond donors (Lipinski definition) is 0. The number of pyridine rings is 1. The van der Waals surface area contributed by atoms with Gasteiger partial charge >= 0.3 is 0 Å². The Morgan fingerprint density at radius 3 is 2.60 bits per heavy atom. The maximum absolute atomic E-state index is 13.1. The van der Waals surface area contributed by atoms with Crippen LogP contribution in [0.1, 0.15) is 29.4 Å². The summed E-state index contributed by atoms with van der Waals surface area (Å²) in [5, 5.41) is 1.72. The molecular formula is C19H19N5O4S2. The number of thiophene rings is 1. The Kier molecular flexibility index (Phi) is 4.77. The van der Waals surface area contributed by atoms with Gasteiger partial charge in [0.05, 0.1) is 13.1 Å². The Morgan fingerprint density at radius 2 is 1.93 bits per heavy atom. The summed E-state index contributed by atoms with van der Waals surface area (Å²) in [5.41, 5.74) is 0.443. The summed E-state index contributed by atoms with van der Waals surface area (Å²) in [5.74, 6) is -0.465. The van der Waals surface area contributed by atoms with Crippen LogP contribution in [-0.2, 0) is 14.6 Å². The molecule has 156 valence electrons. The summed E-state index contributed by atoms with van der Waals surface area (Å²) in [6.07, 6.45) is 3.36. The van der Waals surface area contributed by atoms with Crippen LogP contribution in [0.5, 0.6) is 0 Å². The zero-order valence-corrected chi connectivity index (χ0v) is 17.6. The van der Waals surface area contributed by atoms with Crippen molar-refractivity contribution >= 4 is 38.8 Å². The molecule has 11 heteroatoms. The number of rotatable bonds is 4. The van der Waals surface area contributed by atoms with E-state index in [-0.39, 0.29) is 37.9 Å². The van der Waals surface area contributed by atoms with Crippen LogP contribution in [-0.4, -0.2) is 60.4 Å². The average Bonchev–Trinajstić information content (AvgIpc) is 3.43. The molecule has 2 aliphatic rings. The standard InChI is InChI=1S/C19H19N5O4S2/c25-18(22-8-10-23(11-9-22)30(27,28)15-4-2-12-29-15)16-19(26)24(13-5-6-13)17-14(21-16)3-1-7-20-17/h1-4,7,12-13H,5-6,8-11H2. The number of hydrogen-bond acceptors (Lipinski definition) is 7. The van der Waals surface area contributed by atoms with Gasteiger partial charge < -0.3 is 9.45 Å². The molecule has 0 aromatic carbocycles. The van der Waals surface area contributed by atoms with Gasteiger partial charge in [-0.1, -0.05) is 15.5 Å². The topological polar surface area (TPSA) is 111 Å². The first-order chi connectivity index (χ1) is 14.5. The fourth-order valence-corrected chi connectivity index (χ4v) is 6.24. The molecule has 1 atom stereocenters. The van der Waals surface area contributed by atoms with Crippen LogP contribution in [0.3, 0.4) is 0 Å². The van der Waals surface area contributed by atoms with Crippen LogP contribution in [0.4, 0.5) is 0 Å². The second-order valence-electron chi connectivity index (χ2n) is 7.34. The number of fused-ring (bicyclic) bond motifs is 1. The number of carbonyl (C=O) groups is 1. The lowest BCUT2D eigenvalue weighted by molar-refractivity contribution is 0.0685. The molecule has 0 radical (unpaired) electrons. The molecule has 1 unspecified atom stereocenters. The van der Waals surface area contributed by atoms with E-state index in [1.807, 2.05) is 0 Å². The summed E-state index contributed by atoms with van der Waals surface area (Å²) in [7, 11) is -3.55. The van der Waals surface area contributed by atoms with Crippen molar-refractivity contribution in [3.63, 3.8) is 0 Å². The lowest BCUT2D eigenvalue weighted by Crippen LogP contribution is -2.53. The van der Waals surface area contributed by atoms with Crippen molar-refractivity contribution in [3.8, 4) is 0 Å². The van der Waals surface area contributed by atoms with Crippen LogP contribution in [0.25, 0.3) is 11.2 Å². The molecule has 30 heavy (non-hydrogen) atoms. The van der Waals surface area contributed by atoms with E-state index in [9.17, 15) is 18.4 Å². The first-order valence-corrected chi connectivity index (χ1v) is 12.0. The van der Waals surface area contributed by atoms with Crippen molar-refractivity contribution in [2.24, 2.45) is 0 Å². The molecule has 4 heterocycles. The summed E-state index contributed by atoms with van der Waals surface area (Å²) in [6, 6.07) is 6.78. The number of piperazine rings is 1. The van der Waals surface area contributed by atoms with Crippen LogP contribution in [0, 0.1) is 0 Å². The number of amides is 1. The summed E-state index contributed by atoms with van der Waals surface area (Å²) >= 11 is 1.17. The highest BCUT2D eigenvalue weighted by Gasteiger charge is 2.37. The van der Waals surface area contributed by atoms with Gasteiger partial charge in [0.2, 0.25) is 4.21 Å². The van der Waals surface area contributed by atoms with E-state index in [1.165, 1.54) is 20.5 Å². The molecule has 3 aromatic rings. The van der Waals surface area contributed by atoms with Crippen LogP contribution < -0.4 is 5.56 Å². The predicted octanol–water partition coefficient (Wildman–Crippen LogP) is 1.55. The zero-order chi connectivity index (χ0) is 20.9. The normalized spacial score (nSPS) is 19.7. The van der Waals surface area contributed by atoms with Crippen LogP contribution >= 0.6 is 11.3 Å². The molecule has 3 aromatic heterocycles. The third-order valence-corrected chi connectivity index (χ3v) is 8.65. The van der Waals surface area contributed by atoms with Crippen molar-refractivity contribution in [2.45, 2.75) is 23.1 Å². The molecule has 9 nitrogen and oxygen atoms in total. The number of sulfonamides is 1. The van der Waals surface area contributed by atoms with E-state index in [0.29, 0.717) is 15.4 Å². The molecule has 1 aliphatic carbocycles. The monoisotopic (exact) mass is 445 g/mol. The van der Waals surface area contributed by atoms with Gasteiger partial charge in [0, 0.05) is 31.4 Å². The van der Waals surface area contributed by atoms with Gasteiger partial charge in [-0.3, -0.25) is 14.2 Å². The van der Waals surface area contributed by atoms with E-state index >= 15 is 0 Å². The smallest absolute Gasteiger partial charge is 0.284 e. The van der Waals surface area contributed by atoms with Gasteiger partial charge in [0.15, 0.2) is 21.7 Å². The lowest BCUT2D eigenvalue weighted by Gasteiger charge is -2.35. The number of carbonyl (C=O) groups excluding carboxylic acids is 1. The Labute approximate surface area is 177 Å². The predicted molar refractivity (Wildman–Crippen MR) is 111 cm³/mol. The maximum Gasteiger partial charge on any atom is 0.284 e. The highest BCUT2D eigenvalue weighted by molar-refractivity contribution is 7.97. The third kappa shape index (κ3) is 3.27. The Balaban J connectivity index is 1.40. The van der Waals surface area contributed by atoms with Gasteiger partial charge in [-0.2, -0.15) is 0 Å². The van der Waals surface area contributed by atoms with E-state index in [2.05, 4.69) is 9.97 Å². The first-order valence-electron chi connectivity index (χ1n) is 9.67. The molecular weight excluding hydrogens is 426 g/mol. The maximum atomic E-state index is 13.1. The largest absolute Gasteiger partial charge is 0.592 e. The highest BCUT2D eigenvalue weighted by Crippen LogP contribution is 2.35. The SMILES string of the molecule is O=C(c1nc2cccnc2n(C2CC2)c1=O)N1CCN([S+](=O)([O-])c2cccs2)CC1. The molecule has 1 amide bonds. The Morgan fingerprint density at radius 1 is 1.17 bits per heavy atom. The summed E-state index contributed by atoms with van der Waals surface area (Å²) in [4.78, 5) is 36.2. The van der Waals surface area contributed by atoms with Gasteiger partial charge in [-0.05, 0) is 36.4 Å². The van der Waals surface area contributed by atoms with Gasteiger partial charge in [-0.25, -0.2) is 9.97 Å². The van der Waals surface area contributed by atoms with Crippen LogP contribution in [0.15, 0.2) is 44.8 Å². The molecule has 0 bridgehead atoms. The lowest BCUT2D eigenvalue weighted by atomic mass is 10.3. The van der Waals surface area contributed by atoms with Crippen molar-refractivity contribution in [2.75, 3.05) is 26.2 Å². The Bertz CT molecular complexity index is 1210. The molecule has 2 fully saturated rings. The number of aromatic nitrogens is 3. The number of nitrogens with zero attached hydrogens (tertiary/aromatic N) is 5. The van der Waals surface area contributed by atoms with E-state index < -0.39 is 21.9 Å². The zero-order valence-electron chi connectivity index (χ0n) is 16.0. The summed E-state index contributed by atoms with van der Waals surface area (Å²) in [6.45, 7) is 0.772. The van der Waals surface area contributed by atoms with Crippen molar-refractivity contribution in [1.82, 2.24) is 23.7 Å². The van der Waals surface area contributed by atoms with E-state index in [0.717, 1.165) is 12.8 Å². The van der Waals surface area contributed by atoms with Gasteiger partial charge in [-0.15, -0.1) is 4.31 Å². The molecule has 1 saturated heterocycles. The van der Waals surface area contributed by atoms with Crippen molar-refractivity contribution in [1.29, 1.82) is 0 Å². The highest BCUT2D eigenvalue weighted by atomic mass is 32.3. The molecule has 0 N–H and O–H groups in total. The third-order valence-electron chi connectivity index (χ3n) is 5.38. The van der Waals surface area contributed by atoms with Crippen molar-refractivity contribution in [3.05, 3.63) is 51.9 Å². The Hall–Kier alpha value is -2.47. The fraction of sp³-hybridized carbons (Fsp3) is 0.368. The molecule has 5 rings (SSSR count). The van der Waals surface area contributed by atoms with Gasteiger partial charge in [0.25, 0.3) is 11.5 Å². The summed E-state index contributed by atoms with van der Waals surface area (Å²) < 4.78 is 28.6. The molecule has 1 aliphatic heterocycles. The minimum absolute atomic E-state index is 0.0530. The van der Waals surface area contributed by atoms with Crippen LogP contribution in [0.2, 0.25) is 0 Å². The minimum Gasteiger partial charge on any atom is -0.592 e. The fourth-order valence-electron chi connectivity index (χ4n) is 3.67. The van der Waals surface area contributed by atoms with E-state index in [1.54, 1.807) is 40.4 Å². The quantitative estimate of drug-likeness (QED) is 0.564. The van der Waals surface area contributed by atoms with Gasteiger partial charge in [0.1, 0.15) is 5.52 Å².